The number of alkyl carbamates (subject to hydrolysis) is 1. The summed E-state index contributed by atoms with van der Waals surface area (Å²) in [6.07, 6.45) is 5.19. The molecule has 0 aliphatic carbocycles. The van der Waals surface area contributed by atoms with E-state index in [1.807, 2.05) is 11.1 Å². The molecule has 18 heteroatoms. The number of hydrogen-bond donors (Lipinski definition) is 4. The molecule has 0 saturated carbocycles. The van der Waals surface area contributed by atoms with Crippen molar-refractivity contribution in [1.82, 2.24) is 39.6 Å². The molecule has 2 aliphatic heterocycles. The maximum Gasteiger partial charge on any atom is 0.407 e. The van der Waals surface area contributed by atoms with Crippen LogP contribution in [0.3, 0.4) is 0 Å². The highest BCUT2D eigenvalue weighted by molar-refractivity contribution is 6.10. The van der Waals surface area contributed by atoms with Crippen molar-refractivity contribution < 1.29 is 42.9 Å². The molecular formula is C44H59N9O9. The molecule has 2 fully saturated rings. The lowest BCUT2D eigenvalue weighted by atomic mass is 10.1. The van der Waals surface area contributed by atoms with Gasteiger partial charge in [0, 0.05) is 80.8 Å². The van der Waals surface area contributed by atoms with Crippen molar-refractivity contribution in [2.75, 3.05) is 55.2 Å². The predicted octanol–water partition coefficient (Wildman–Crippen LogP) is 4.85. The molecule has 2 saturated heterocycles. The topological polar surface area (TPSA) is 221 Å². The number of methoxy groups -OCH3 is 5. The Kier molecular flexibility index (Phi) is 15.0. The van der Waals surface area contributed by atoms with Crippen LogP contribution in [0, 0.1) is 0 Å². The van der Waals surface area contributed by atoms with Crippen molar-refractivity contribution in [2.24, 2.45) is 5.73 Å². The van der Waals surface area contributed by atoms with Crippen LogP contribution in [0.25, 0.3) is 44.3 Å². The van der Waals surface area contributed by atoms with Gasteiger partial charge in [-0.2, -0.15) is 0 Å². The third-order valence-corrected chi connectivity index (χ3v) is 11.9. The average molecular weight is 858 g/mol. The zero-order valence-electron chi connectivity index (χ0n) is 36.7. The second-order valence-electron chi connectivity index (χ2n) is 15.6. The number of imidazole rings is 2. The molecule has 0 unspecified atom stereocenters. The van der Waals surface area contributed by atoms with Crippen LogP contribution >= 0.6 is 0 Å². The van der Waals surface area contributed by atoms with Gasteiger partial charge in [0.25, 0.3) is 0 Å². The lowest BCUT2D eigenvalue weighted by Crippen LogP contribution is -2.54. The van der Waals surface area contributed by atoms with Crippen LogP contribution < -0.4 is 11.1 Å². The normalized spacial score (nSPS) is 18.3. The van der Waals surface area contributed by atoms with E-state index in [9.17, 15) is 19.2 Å². The molecule has 0 bridgehead atoms. The first-order valence-corrected chi connectivity index (χ1v) is 20.8. The fourth-order valence-electron chi connectivity index (χ4n) is 8.21. The van der Waals surface area contributed by atoms with Gasteiger partial charge in [-0.15, -0.1) is 0 Å². The van der Waals surface area contributed by atoms with Crippen LogP contribution in [-0.4, -0.2) is 138 Å². The van der Waals surface area contributed by atoms with Crippen molar-refractivity contribution in [2.45, 2.75) is 89.4 Å². The number of amides is 3. The Morgan fingerprint density at radius 1 is 0.774 bits per heavy atom. The number of hydrogen-bond acceptors (Lipinski definition) is 12. The zero-order valence-corrected chi connectivity index (χ0v) is 36.7. The van der Waals surface area contributed by atoms with E-state index in [0.29, 0.717) is 32.1 Å². The minimum atomic E-state index is -0.909. The van der Waals surface area contributed by atoms with Crippen LogP contribution in [0.1, 0.15) is 70.2 Å². The fourth-order valence-corrected chi connectivity index (χ4v) is 8.21. The van der Waals surface area contributed by atoms with Gasteiger partial charge in [0.15, 0.2) is 0 Å². The maximum atomic E-state index is 13.8. The lowest BCUT2D eigenvalue weighted by Gasteiger charge is -2.30. The summed E-state index contributed by atoms with van der Waals surface area (Å²) in [7, 11) is 7.37. The first-order chi connectivity index (χ1) is 29.8. The Morgan fingerprint density at radius 3 is 1.73 bits per heavy atom. The minimum absolute atomic E-state index is 0.133. The van der Waals surface area contributed by atoms with E-state index in [2.05, 4.69) is 61.0 Å². The first-order valence-electron chi connectivity index (χ1n) is 20.8. The lowest BCUT2D eigenvalue weighted by molar-refractivity contribution is -0.138. The number of aromatic amines is 2. The number of nitrogens with zero attached hydrogens (tertiary/aromatic N) is 5. The molecule has 18 nitrogen and oxygen atoms in total. The molecular weight excluding hydrogens is 799 g/mol. The van der Waals surface area contributed by atoms with Gasteiger partial charge in [-0.3, -0.25) is 14.4 Å². The van der Waals surface area contributed by atoms with Crippen LogP contribution in [0.4, 0.5) is 4.79 Å². The van der Waals surface area contributed by atoms with E-state index in [1.54, 1.807) is 39.2 Å². The van der Waals surface area contributed by atoms with Crippen LogP contribution in [0.15, 0.2) is 48.8 Å². The number of ether oxygens (including phenoxy) is 5. The number of aromatic nitrogens is 5. The van der Waals surface area contributed by atoms with E-state index in [-0.39, 0.29) is 29.9 Å². The van der Waals surface area contributed by atoms with Crippen LogP contribution in [0.2, 0.25) is 0 Å². The van der Waals surface area contributed by atoms with Crippen molar-refractivity contribution >= 4 is 45.7 Å². The number of nitrogens with one attached hydrogen (secondary N) is 3. The number of esters is 1. The highest BCUT2D eigenvalue weighted by atomic mass is 16.5. The number of fused-ring (bicyclic) bond motifs is 3. The molecule has 0 radical (unpaired) electrons. The van der Waals surface area contributed by atoms with Crippen LogP contribution in [-0.2, 0) is 44.6 Å². The Hall–Kier alpha value is -5.82. The van der Waals surface area contributed by atoms with E-state index < -0.39 is 30.4 Å². The molecule has 5 N–H and O–H groups in total. The van der Waals surface area contributed by atoms with Crippen LogP contribution in [0.5, 0.6) is 0 Å². The zero-order chi connectivity index (χ0) is 44.7. The first kappa shape index (κ1) is 45.7. The monoisotopic (exact) mass is 857 g/mol. The van der Waals surface area contributed by atoms with Gasteiger partial charge in [-0.05, 0) is 51.7 Å². The summed E-state index contributed by atoms with van der Waals surface area (Å²) in [5.74, 6) is 0.789. The maximum absolute atomic E-state index is 13.8. The third kappa shape index (κ3) is 9.62. The number of likely N-dealkylation sites (tertiary alicyclic amines) is 2. The number of carbonyl (C=O) groups excluding carboxylic acids is 4. The van der Waals surface area contributed by atoms with Crippen molar-refractivity contribution in [3.8, 4) is 22.5 Å². The predicted molar refractivity (Wildman–Crippen MR) is 232 cm³/mol. The van der Waals surface area contributed by atoms with E-state index in [1.165, 1.54) is 28.3 Å². The van der Waals surface area contributed by atoms with Gasteiger partial charge in [-0.25, -0.2) is 14.8 Å². The standard InChI is InChI=1S/C41H53N9O7.C3H6O2/c1-23(55-4)35(42)39(51)49-15-7-9-31(49)37-43-21-29(45-37)25-11-13-27-28-14-12-26(20-34(28)48(17-18-54-3)33(27)19-25)30-22-44-38(46-30)32-10-8-16-50(32)40(52)36(24(2)56-5)47-41(53)57-6;1-3(4)5-2/h11-14,19-24,31-32,35-36H,7-10,15-18,42H2,1-6H3,(H,43,45)(H,44,46)(H,47,53);1-2H3/t23-,24-,31+,32+,35+,36+;/m1./s1. The summed E-state index contributed by atoms with van der Waals surface area (Å²) in [5, 5.41) is 4.85. The number of H-pyrrole nitrogens is 2. The Labute approximate surface area is 360 Å². The molecule has 3 amide bonds. The second kappa shape index (κ2) is 20.4. The Morgan fingerprint density at radius 2 is 1.27 bits per heavy atom. The average Bonchev–Trinajstić information content (AvgIpc) is 4.15. The highest BCUT2D eigenvalue weighted by Crippen LogP contribution is 2.37. The van der Waals surface area contributed by atoms with E-state index in [0.717, 1.165) is 75.8 Å². The number of benzene rings is 2. The van der Waals surface area contributed by atoms with Crippen molar-refractivity contribution in [3.05, 3.63) is 60.4 Å². The van der Waals surface area contributed by atoms with Crippen molar-refractivity contribution in [3.63, 3.8) is 0 Å². The summed E-state index contributed by atoms with van der Waals surface area (Å²) in [6, 6.07) is 10.6. The molecule has 62 heavy (non-hydrogen) atoms. The fraction of sp³-hybridized carbons (Fsp3) is 0.500. The smallest absolute Gasteiger partial charge is 0.407 e. The second-order valence-corrected chi connectivity index (χ2v) is 15.6. The van der Waals surface area contributed by atoms with Gasteiger partial charge in [-0.1, -0.05) is 24.3 Å². The quantitative estimate of drug-likeness (QED) is 0.110. The SMILES string of the molecule is COC(C)=O.COCCn1c2cc(-c3cnc([C@@H]4CCCN4C(=O)[C@@H](N)[C@@H](C)OC)[nH]3)ccc2c2ccc(-c3cnc([C@@H]4CCCN4C(=O)[C@@H](NC(=O)OC)[C@@H](C)OC)[nH]3)cc21. The number of nitrogens with two attached hydrogens (primary N) is 1. The molecule has 2 aliphatic rings. The number of carbonyl (C=O) groups is 4. The summed E-state index contributed by atoms with van der Waals surface area (Å²) >= 11 is 0. The van der Waals surface area contributed by atoms with Gasteiger partial charge in [0.2, 0.25) is 11.8 Å². The van der Waals surface area contributed by atoms with Gasteiger partial charge >= 0.3 is 12.1 Å². The van der Waals surface area contributed by atoms with E-state index >= 15 is 0 Å². The molecule has 3 aromatic heterocycles. The summed E-state index contributed by atoms with van der Waals surface area (Å²) in [6.45, 7) is 7.21. The molecule has 2 aromatic carbocycles. The summed E-state index contributed by atoms with van der Waals surface area (Å²) in [5.41, 5.74) is 12.0. The highest BCUT2D eigenvalue weighted by Gasteiger charge is 2.39. The molecule has 5 aromatic rings. The summed E-state index contributed by atoms with van der Waals surface area (Å²) in [4.78, 5) is 68.8. The van der Waals surface area contributed by atoms with Gasteiger partial charge in [0.1, 0.15) is 23.7 Å². The van der Waals surface area contributed by atoms with Crippen molar-refractivity contribution in [1.29, 1.82) is 0 Å². The third-order valence-electron chi connectivity index (χ3n) is 11.9. The molecule has 5 heterocycles. The Balaban J connectivity index is 0.00000121. The minimum Gasteiger partial charge on any atom is -0.469 e. The summed E-state index contributed by atoms with van der Waals surface area (Å²) < 4.78 is 27.5. The van der Waals surface area contributed by atoms with Gasteiger partial charge in [0.05, 0.1) is 68.9 Å². The number of rotatable bonds is 14. The molecule has 334 valence electrons. The van der Waals surface area contributed by atoms with E-state index in [4.69, 9.17) is 34.6 Å². The molecule has 0 spiro atoms. The largest absolute Gasteiger partial charge is 0.469 e. The molecule has 6 atom stereocenters. The molecule has 7 rings (SSSR count). The Bertz CT molecular complexity index is 2360. The van der Waals surface area contributed by atoms with Gasteiger partial charge < -0.3 is 59.1 Å².